The van der Waals surface area contributed by atoms with Crippen molar-refractivity contribution in [1.29, 1.82) is 15.8 Å². The Hall–Kier alpha value is -6.61. The van der Waals surface area contributed by atoms with E-state index >= 15 is 0 Å². The van der Waals surface area contributed by atoms with Crippen LogP contribution in [0.4, 0.5) is 5.69 Å². The summed E-state index contributed by atoms with van der Waals surface area (Å²) >= 11 is 0. The van der Waals surface area contributed by atoms with Gasteiger partial charge >= 0.3 is 0 Å². The number of hydrogen-bond donors (Lipinski definition) is 0. The van der Waals surface area contributed by atoms with Crippen molar-refractivity contribution in [3.05, 3.63) is 167 Å². The zero-order chi connectivity index (χ0) is 33.8. The molecule has 5 heteroatoms. The van der Waals surface area contributed by atoms with E-state index in [4.69, 9.17) is 0 Å². The molecule has 236 valence electrons. The lowest BCUT2D eigenvalue weighted by Crippen LogP contribution is -2.33. The van der Waals surface area contributed by atoms with Crippen LogP contribution in [-0.2, 0) is 6.42 Å². The van der Waals surface area contributed by atoms with Gasteiger partial charge in [0.25, 0.3) is 0 Å². The summed E-state index contributed by atoms with van der Waals surface area (Å²) in [7, 11) is 0. The fourth-order valence-electron chi connectivity index (χ4n) is 8.45. The smallest absolute Gasteiger partial charge is 0.101 e. The number of hydrogen-bond acceptors (Lipinski definition) is 4. The summed E-state index contributed by atoms with van der Waals surface area (Å²) in [6, 6.07) is 38.9. The van der Waals surface area contributed by atoms with Crippen LogP contribution >= 0.6 is 0 Å². The van der Waals surface area contributed by atoms with Crippen LogP contribution in [0.1, 0.15) is 53.1 Å². The molecule has 0 bridgehead atoms. The second kappa shape index (κ2) is 11.8. The summed E-state index contributed by atoms with van der Waals surface area (Å²) in [5.41, 5.74) is 13.9. The topological polar surface area (TPSA) is 79.5 Å². The number of aryl methyl sites for hydroxylation is 1. The molecule has 4 aliphatic rings. The van der Waals surface area contributed by atoms with Crippen LogP contribution < -0.4 is 4.90 Å². The van der Waals surface area contributed by atoms with Crippen LogP contribution in [-0.4, -0.2) is 10.6 Å². The standard InChI is InChI=1S/C45H31N5/c46-26-29-18-23-42-39(24-29)38-14-6-11-34(28-48)45(38)49(42)35-21-19-30(20-22-35)31-8-5-9-32(25-31)44-33(27-47)10-7-17-43(44)50-40-15-3-1-12-36(40)37-13-2-4-16-41(37)50/h1-5,8-13,15-16,18-25,36,40H,6-7,14,17H2. The summed E-state index contributed by atoms with van der Waals surface area (Å²) in [5, 5.41) is 31.1. The predicted molar refractivity (Wildman–Crippen MR) is 199 cm³/mol. The third kappa shape index (κ3) is 4.51. The molecule has 0 fully saturated rings. The number of nitriles is 3. The molecule has 0 saturated heterocycles. The molecule has 2 atom stereocenters. The highest BCUT2D eigenvalue weighted by Crippen LogP contribution is 2.49. The number of nitrogens with zero attached hydrogens (tertiary/aromatic N) is 5. The first-order valence-electron chi connectivity index (χ1n) is 17.1. The summed E-state index contributed by atoms with van der Waals surface area (Å²) in [6.07, 6.45) is 16.3. The first-order chi connectivity index (χ1) is 24.7. The summed E-state index contributed by atoms with van der Waals surface area (Å²) < 4.78 is 2.17. The molecule has 9 rings (SSSR count). The molecule has 5 aromatic rings. The predicted octanol–water partition coefficient (Wildman–Crippen LogP) is 10.1. The Morgan fingerprint density at radius 2 is 1.44 bits per heavy atom. The monoisotopic (exact) mass is 641 g/mol. The number of para-hydroxylation sites is 1. The van der Waals surface area contributed by atoms with Gasteiger partial charge in [-0.15, -0.1) is 0 Å². The molecular formula is C45H31N5. The molecule has 0 spiro atoms. The number of allylic oxidation sites excluding steroid dienone is 8. The van der Waals surface area contributed by atoms with Gasteiger partial charge in [-0.25, -0.2) is 0 Å². The molecular weight excluding hydrogens is 611 g/mol. The van der Waals surface area contributed by atoms with Crippen molar-refractivity contribution in [2.24, 2.45) is 0 Å². The van der Waals surface area contributed by atoms with Gasteiger partial charge in [-0.2, -0.15) is 15.8 Å². The highest BCUT2D eigenvalue weighted by Gasteiger charge is 2.39. The lowest BCUT2D eigenvalue weighted by atomic mass is 9.87. The average Bonchev–Trinajstić information content (AvgIpc) is 3.70. The van der Waals surface area contributed by atoms with E-state index in [1.807, 2.05) is 24.3 Å². The van der Waals surface area contributed by atoms with E-state index in [1.165, 1.54) is 16.9 Å². The minimum Gasteiger partial charge on any atom is -0.336 e. The quantitative estimate of drug-likeness (QED) is 0.196. The first kappa shape index (κ1) is 29.5. The van der Waals surface area contributed by atoms with Gasteiger partial charge < -0.3 is 9.47 Å². The van der Waals surface area contributed by atoms with Crippen molar-refractivity contribution in [1.82, 2.24) is 4.57 Å². The maximum absolute atomic E-state index is 10.4. The first-order valence-corrected chi connectivity index (χ1v) is 17.1. The summed E-state index contributed by atoms with van der Waals surface area (Å²) in [5.74, 6) is 0.280. The SMILES string of the molecule is N#CC1=CCCC(N2c3ccccc3C3C=CC=CC32)=C1c1cccc(-c2ccc(-n3c4c(c5cc(C#N)ccc53)CCC=C4C#N)cc2)c1. The van der Waals surface area contributed by atoms with Crippen molar-refractivity contribution < 1.29 is 0 Å². The van der Waals surface area contributed by atoms with Gasteiger partial charge in [0.2, 0.25) is 0 Å². The zero-order valence-corrected chi connectivity index (χ0v) is 27.3. The second-order valence-corrected chi connectivity index (χ2v) is 13.2. The molecule has 5 nitrogen and oxygen atoms in total. The number of aromatic nitrogens is 1. The minimum atomic E-state index is 0.176. The Kier molecular flexibility index (Phi) is 6.98. The normalized spacial score (nSPS) is 18.8. The summed E-state index contributed by atoms with van der Waals surface area (Å²) in [4.78, 5) is 2.48. The van der Waals surface area contributed by atoms with E-state index in [0.717, 1.165) is 81.4 Å². The van der Waals surface area contributed by atoms with Gasteiger partial charge in [0.05, 0.1) is 46.1 Å². The van der Waals surface area contributed by atoms with E-state index in [1.54, 1.807) is 0 Å². The van der Waals surface area contributed by atoms with Gasteiger partial charge in [-0.05, 0) is 96.0 Å². The largest absolute Gasteiger partial charge is 0.336 e. The van der Waals surface area contributed by atoms with Crippen LogP contribution in [0, 0.1) is 34.0 Å². The number of anilines is 1. The van der Waals surface area contributed by atoms with E-state index in [2.05, 4.69) is 131 Å². The van der Waals surface area contributed by atoms with E-state index < -0.39 is 0 Å². The number of rotatable bonds is 4. The molecule has 2 unspecified atom stereocenters. The lowest BCUT2D eigenvalue weighted by molar-refractivity contribution is 0.702. The van der Waals surface area contributed by atoms with Crippen molar-refractivity contribution in [3.8, 4) is 35.0 Å². The lowest BCUT2D eigenvalue weighted by Gasteiger charge is -2.34. The van der Waals surface area contributed by atoms with Gasteiger partial charge in [-0.1, -0.05) is 85.0 Å². The highest BCUT2D eigenvalue weighted by molar-refractivity contribution is 5.96. The summed E-state index contributed by atoms with van der Waals surface area (Å²) in [6.45, 7) is 0. The van der Waals surface area contributed by atoms with Gasteiger partial charge in [-0.3, -0.25) is 0 Å². The third-order valence-electron chi connectivity index (χ3n) is 10.6. The molecule has 3 aliphatic carbocycles. The maximum Gasteiger partial charge on any atom is 0.101 e. The Morgan fingerprint density at radius 1 is 0.660 bits per heavy atom. The van der Waals surface area contributed by atoms with Crippen LogP contribution in [0.2, 0.25) is 0 Å². The molecule has 50 heavy (non-hydrogen) atoms. The Bertz CT molecular complexity index is 2530. The Morgan fingerprint density at radius 3 is 2.28 bits per heavy atom. The Labute approximate surface area is 291 Å². The van der Waals surface area contributed by atoms with Crippen molar-refractivity contribution in [3.63, 3.8) is 0 Å². The van der Waals surface area contributed by atoms with Crippen molar-refractivity contribution >= 4 is 27.7 Å². The molecule has 0 radical (unpaired) electrons. The molecule has 2 heterocycles. The maximum atomic E-state index is 10.4. The van der Waals surface area contributed by atoms with Crippen LogP contribution in [0.15, 0.2) is 139 Å². The molecule has 4 aromatic carbocycles. The second-order valence-electron chi connectivity index (χ2n) is 13.2. The van der Waals surface area contributed by atoms with Crippen LogP contribution in [0.5, 0.6) is 0 Å². The molecule has 0 N–H and O–H groups in total. The van der Waals surface area contributed by atoms with Gasteiger partial charge in [0.15, 0.2) is 0 Å². The number of benzene rings is 4. The fourth-order valence-corrected chi connectivity index (χ4v) is 8.45. The number of fused-ring (bicyclic) bond motifs is 6. The average molecular weight is 642 g/mol. The van der Waals surface area contributed by atoms with E-state index in [0.29, 0.717) is 11.1 Å². The Balaban J connectivity index is 1.14. The van der Waals surface area contributed by atoms with Crippen molar-refractivity contribution in [2.75, 3.05) is 4.90 Å². The molecule has 1 aliphatic heterocycles. The van der Waals surface area contributed by atoms with Gasteiger partial charge in [0, 0.05) is 33.9 Å². The van der Waals surface area contributed by atoms with Crippen molar-refractivity contribution in [2.45, 2.75) is 37.6 Å². The highest BCUT2D eigenvalue weighted by atomic mass is 15.2. The van der Waals surface area contributed by atoms with Crippen LogP contribution in [0.25, 0.3) is 38.9 Å². The molecule has 0 saturated carbocycles. The zero-order valence-electron chi connectivity index (χ0n) is 27.3. The fraction of sp³-hybridized carbons (Fsp3) is 0.133. The molecule has 1 aromatic heterocycles. The van der Waals surface area contributed by atoms with E-state index in [9.17, 15) is 15.8 Å². The van der Waals surface area contributed by atoms with Crippen LogP contribution in [0.3, 0.4) is 0 Å². The van der Waals surface area contributed by atoms with Gasteiger partial charge in [0.1, 0.15) is 6.07 Å². The third-order valence-corrected chi connectivity index (χ3v) is 10.6. The van der Waals surface area contributed by atoms with E-state index in [-0.39, 0.29) is 12.0 Å². The molecule has 0 amide bonds. The minimum absolute atomic E-state index is 0.176.